The monoisotopic (exact) mass is 561 g/mol. The lowest BCUT2D eigenvalue weighted by atomic mass is 9.88. The van der Waals surface area contributed by atoms with E-state index in [1.807, 2.05) is 23.1 Å². The van der Waals surface area contributed by atoms with Gasteiger partial charge >= 0.3 is 0 Å². The fourth-order valence-electron chi connectivity index (χ4n) is 5.92. The summed E-state index contributed by atoms with van der Waals surface area (Å²) in [6, 6.07) is 11.0. The highest BCUT2D eigenvalue weighted by molar-refractivity contribution is 7.91. The van der Waals surface area contributed by atoms with Crippen LogP contribution in [-0.4, -0.2) is 86.2 Å². The zero-order valence-corrected chi connectivity index (χ0v) is 22.8. The summed E-state index contributed by atoms with van der Waals surface area (Å²) in [6.07, 6.45) is 5.24. The molecule has 3 saturated heterocycles. The Morgan fingerprint density at radius 3 is 2.62 bits per heavy atom. The molecule has 5 heterocycles. The highest BCUT2D eigenvalue weighted by atomic mass is 35.5. The zero-order chi connectivity index (χ0) is 25.8. The Bertz CT molecular complexity index is 1440. The standard InChI is InChI=1S/C25H28ClN5O4S2/c1-35-17-25-16-30(37(33,34)23-12-18-2-3-19(26)13-21(18)36-23)14-22(32)31(25)15-24(28-25)6-10-29(11-7-24)20-4-8-27-9-5-20/h2-5,8-9,12-13,28H,6-7,10-11,14-17H2,1H3. The first kappa shape index (κ1) is 25.0. The molecule has 2 aromatic heterocycles. The van der Waals surface area contributed by atoms with Crippen LogP contribution in [0.25, 0.3) is 10.1 Å². The number of ether oxygens (including phenoxy) is 1. The van der Waals surface area contributed by atoms with Crippen molar-refractivity contribution in [1.29, 1.82) is 0 Å². The van der Waals surface area contributed by atoms with E-state index in [1.165, 1.54) is 15.6 Å². The van der Waals surface area contributed by atoms with E-state index >= 15 is 0 Å². The number of amides is 1. The van der Waals surface area contributed by atoms with Gasteiger partial charge in [-0.25, -0.2) is 8.42 Å². The summed E-state index contributed by atoms with van der Waals surface area (Å²) in [5.74, 6) is -0.211. The highest BCUT2D eigenvalue weighted by Crippen LogP contribution is 2.40. The van der Waals surface area contributed by atoms with E-state index in [-0.39, 0.29) is 35.4 Å². The number of halogens is 1. The maximum absolute atomic E-state index is 13.7. The van der Waals surface area contributed by atoms with Crippen LogP contribution >= 0.6 is 22.9 Å². The van der Waals surface area contributed by atoms with E-state index in [2.05, 4.69) is 15.2 Å². The van der Waals surface area contributed by atoms with Gasteiger partial charge in [-0.1, -0.05) is 17.7 Å². The number of nitrogens with one attached hydrogen (secondary N) is 1. The molecular formula is C25H28ClN5O4S2. The molecule has 3 aliphatic rings. The molecule has 0 aliphatic carbocycles. The lowest BCUT2D eigenvalue weighted by Gasteiger charge is -2.45. The predicted molar refractivity (Wildman–Crippen MR) is 143 cm³/mol. The molecule has 9 nitrogen and oxygen atoms in total. The van der Waals surface area contributed by atoms with Gasteiger partial charge in [0.05, 0.1) is 19.7 Å². The van der Waals surface area contributed by atoms with Gasteiger partial charge in [0.15, 0.2) is 0 Å². The average molecular weight is 562 g/mol. The van der Waals surface area contributed by atoms with Gasteiger partial charge in [0.25, 0.3) is 10.0 Å². The van der Waals surface area contributed by atoms with Gasteiger partial charge in [0.1, 0.15) is 9.87 Å². The predicted octanol–water partition coefficient (Wildman–Crippen LogP) is 2.77. The first-order valence-electron chi connectivity index (χ1n) is 12.2. The molecule has 1 N–H and O–H groups in total. The Balaban J connectivity index is 1.27. The molecule has 0 saturated carbocycles. The van der Waals surface area contributed by atoms with Crippen LogP contribution in [0, 0.1) is 0 Å². The van der Waals surface area contributed by atoms with Crippen LogP contribution in [0.2, 0.25) is 5.02 Å². The Hall–Kier alpha value is -2.28. The topological polar surface area (TPSA) is 95.1 Å². The number of carbonyl (C=O) groups excluding carboxylic acids is 1. The summed E-state index contributed by atoms with van der Waals surface area (Å²) >= 11 is 7.28. The lowest BCUT2D eigenvalue weighted by Crippen LogP contribution is -2.70. The summed E-state index contributed by atoms with van der Waals surface area (Å²) < 4.78 is 35.4. The number of nitrogens with zero attached hydrogens (tertiary/aromatic N) is 4. The third-order valence-electron chi connectivity index (χ3n) is 7.71. The van der Waals surface area contributed by atoms with Crippen molar-refractivity contribution < 1.29 is 17.9 Å². The Labute approximate surface area is 225 Å². The number of anilines is 1. The van der Waals surface area contributed by atoms with Gasteiger partial charge in [0.2, 0.25) is 5.91 Å². The Morgan fingerprint density at radius 1 is 1.14 bits per heavy atom. The molecule has 1 aromatic carbocycles. The summed E-state index contributed by atoms with van der Waals surface area (Å²) in [6.45, 7) is 2.32. The number of hydrogen-bond acceptors (Lipinski definition) is 8. The summed E-state index contributed by atoms with van der Waals surface area (Å²) in [4.78, 5) is 21.7. The van der Waals surface area contributed by atoms with Crippen molar-refractivity contribution in [3.05, 3.63) is 53.8 Å². The quantitative estimate of drug-likeness (QED) is 0.512. The zero-order valence-electron chi connectivity index (χ0n) is 20.4. The van der Waals surface area contributed by atoms with Crippen LogP contribution in [0.15, 0.2) is 53.0 Å². The van der Waals surface area contributed by atoms with Crippen LogP contribution < -0.4 is 10.2 Å². The molecule has 1 unspecified atom stereocenters. The number of rotatable bonds is 5. The van der Waals surface area contributed by atoms with Crippen LogP contribution in [0.4, 0.5) is 5.69 Å². The largest absolute Gasteiger partial charge is 0.381 e. The maximum Gasteiger partial charge on any atom is 0.253 e. The Kier molecular flexibility index (Phi) is 6.21. The van der Waals surface area contributed by atoms with Crippen LogP contribution in [-0.2, 0) is 19.6 Å². The molecule has 0 bridgehead atoms. The van der Waals surface area contributed by atoms with Gasteiger partial charge in [0, 0.05) is 60.1 Å². The second kappa shape index (κ2) is 9.18. The number of fused-ring (bicyclic) bond motifs is 2. The number of pyridine rings is 1. The van der Waals surface area contributed by atoms with E-state index in [0.29, 0.717) is 11.6 Å². The summed E-state index contributed by atoms with van der Waals surface area (Å²) in [5, 5.41) is 5.09. The van der Waals surface area contributed by atoms with Crippen molar-refractivity contribution in [1.82, 2.24) is 19.5 Å². The van der Waals surface area contributed by atoms with E-state index < -0.39 is 15.7 Å². The first-order chi connectivity index (χ1) is 17.7. The SMILES string of the molecule is COCC12CN(S(=O)(=O)c3cc4ccc(Cl)cc4s3)CC(=O)N1CC1(CCN(c3ccncc3)CC1)N2. The molecule has 12 heteroatoms. The fraction of sp³-hybridized carbons (Fsp3) is 0.440. The summed E-state index contributed by atoms with van der Waals surface area (Å²) in [7, 11) is -2.32. The van der Waals surface area contributed by atoms with Crippen molar-refractivity contribution in [3.63, 3.8) is 0 Å². The van der Waals surface area contributed by atoms with Gasteiger partial charge in [-0.3, -0.25) is 15.1 Å². The number of benzene rings is 1. The molecule has 3 aromatic rings. The van der Waals surface area contributed by atoms with Gasteiger partial charge in [-0.2, -0.15) is 4.31 Å². The van der Waals surface area contributed by atoms with Crippen LogP contribution in [0.5, 0.6) is 0 Å². The van der Waals surface area contributed by atoms with Crippen molar-refractivity contribution in [2.45, 2.75) is 28.3 Å². The molecule has 1 amide bonds. The molecule has 6 rings (SSSR count). The number of piperidine rings is 1. The number of thiophene rings is 1. The van der Waals surface area contributed by atoms with Crippen molar-refractivity contribution in [2.75, 3.05) is 51.3 Å². The third-order valence-corrected chi connectivity index (χ3v) is 11.3. The van der Waals surface area contributed by atoms with Gasteiger partial charge < -0.3 is 14.5 Å². The summed E-state index contributed by atoms with van der Waals surface area (Å²) in [5.41, 5.74) is -0.0906. The smallest absolute Gasteiger partial charge is 0.253 e. The van der Waals surface area contributed by atoms with Crippen molar-refractivity contribution in [3.8, 4) is 0 Å². The fourth-order valence-corrected chi connectivity index (χ4v) is 9.20. The van der Waals surface area contributed by atoms with Crippen LogP contribution in [0.3, 0.4) is 0 Å². The normalized spacial score (nSPS) is 24.2. The lowest BCUT2D eigenvalue weighted by molar-refractivity contribution is -0.144. The molecule has 0 radical (unpaired) electrons. The highest BCUT2D eigenvalue weighted by Gasteiger charge is 2.59. The van der Waals surface area contributed by atoms with Crippen LogP contribution in [0.1, 0.15) is 12.8 Å². The number of methoxy groups -OCH3 is 1. The Morgan fingerprint density at radius 2 is 1.89 bits per heavy atom. The molecule has 1 spiro atoms. The van der Waals surface area contributed by atoms with E-state index in [0.717, 1.165) is 41.7 Å². The molecule has 3 fully saturated rings. The van der Waals surface area contributed by atoms with Gasteiger partial charge in [-0.15, -0.1) is 11.3 Å². The second-order valence-corrected chi connectivity index (χ2v) is 13.7. The number of carbonyl (C=O) groups is 1. The number of aromatic nitrogens is 1. The molecule has 37 heavy (non-hydrogen) atoms. The molecule has 3 aliphatic heterocycles. The van der Waals surface area contributed by atoms with Gasteiger partial charge in [-0.05, 0) is 48.6 Å². The van der Waals surface area contributed by atoms with Crippen molar-refractivity contribution in [2.24, 2.45) is 0 Å². The minimum absolute atomic E-state index is 0.125. The van der Waals surface area contributed by atoms with E-state index in [9.17, 15) is 13.2 Å². The molecule has 196 valence electrons. The maximum atomic E-state index is 13.7. The number of piperazine rings is 1. The van der Waals surface area contributed by atoms with E-state index in [4.69, 9.17) is 16.3 Å². The molecular weight excluding hydrogens is 534 g/mol. The van der Waals surface area contributed by atoms with E-state index in [1.54, 1.807) is 37.7 Å². The minimum Gasteiger partial charge on any atom is -0.381 e. The second-order valence-electron chi connectivity index (χ2n) is 10.1. The molecule has 1 atom stereocenters. The average Bonchev–Trinajstić information content (AvgIpc) is 3.45. The minimum atomic E-state index is -3.90. The third kappa shape index (κ3) is 4.31. The number of sulfonamides is 1. The number of hydrogen-bond donors (Lipinski definition) is 1. The van der Waals surface area contributed by atoms with Crippen molar-refractivity contribution >= 4 is 54.6 Å². The first-order valence-corrected chi connectivity index (χ1v) is 14.8.